The lowest BCUT2D eigenvalue weighted by Crippen LogP contribution is -2.22. The van der Waals surface area contributed by atoms with E-state index in [1.165, 1.54) is 0 Å². The summed E-state index contributed by atoms with van der Waals surface area (Å²) in [4.78, 5) is 29.9. The van der Waals surface area contributed by atoms with Crippen LogP contribution in [0.5, 0.6) is 0 Å². The zero-order chi connectivity index (χ0) is 27.2. The fourth-order valence-corrected chi connectivity index (χ4v) is 4.13. The molecule has 0 aliphatic carbocycles. The predicted octanol–water partition coefficient (Wildman–Crippen LogP) is 5.90. The van der Waals surface area contributed by atoms with Gasteiger partial charge in [0.05, 0.1) is 43.1 Å². The van der Waals surface area contributed by atoms with Gasteiger partial charge in [-0.3, -0.25) is 9.97 Å². The largest absolute Gasteiger partial charge is 0.501 e. The monoisotopic (exact) mass is 568 g/mol. The second kappa shape index (κ2) is 16.4. The summed E-state index contributed by atoms with van der Waals surface area (Å²) in [6.07, 6.45) is 15.3. The van der Waals surface area contributed by atoms with Gasteiger partial charge < -0.3 is 23.8 Å². The maximum atomic E-state index is 10.3. The van der Waals surface area contributed by atoms with Crippen LogP contribution in [0.3, 0.4) is 0 Å². The Bertz CT molecular complexity index is 1270. The van der Waals surface area contributed by atoms with Gasteiger partial charge in [-0.15, -0.1) is 12.4 Å². The van der Waals surface area contributed by atoms with Crippen LogP contribution in [0.1, 0.15) is 18.6 Å². The third kappa shape index (κ3) is 10.6. The molecular weight excluding hydrogens is 532 g/mol. The number of pyridine rings is 2. The first-order chi connectivity index (χ1) is 18.4. The van der Waals surface area contributed by atoms with E-state index in [2.05, 4.69) is 49.1 Å². The van der Waals surface area contributed by atoms with Gasteiger partial charge in [0.15, 0.2) is 0 Å². The number of carbonyl (C=O) groups excluding carboxylic acids is 1. The van der Waals surface area contributed by atoms with Crippen molar-refractivity contribution in [2.24, 2.45) is 0 Å². The molecule has 0 aliphatic heterocycles. The lowest BCUT2D eigenvalue weighted by molar-refractivity contribution is -0.107. The molecule has 0 spiro atoms. The van der Waals surface area contributed by atoms with Crippen LogP contribution < -0.4 is 0 Å². The number of halogens is 1. The van der Waals surface area contributed by atoms with E-state index >= 15 is 0 Å². The minimum atomic E-state index is -1.09. The molecule has 4 heterocycles. The summed E-state index contributed by atoms with van der Waals surface area (Å²) in [6.45, 7) is 10.9. The van der Waals surface area contributed by atoms with Crippen molar-refractivity contribution in [3.05, 3.63) is 79.4 Å². The zero-order valence-corrected chi connectivity index (χ0v) is 24.7. The van der Waals surface area contributed by atoms with E-state index in [1.807, 2.05) is 43.5 Å². The van der Waals surface area contributed by atoms with Crippen LogP contribution in [0.25, 0.3) is 28.6 Å². The quantitative estimate of drug-likeness (QED) is 0.0980. The topological polar surface area (TPSA) is 108 Å². The third-order valence-corrected chi connectivity index (χ3v) is 7.16. The second-order valence-electron chi connectivity index (χ2n) is 9.62. The molecule has 0 atom stereocenters. The van der Waals surface area contributed by atoms with Gasteiger partial charge in [0.1, 0.15) is 24.7 Å². The van der Waals surface area contributed by atoms with Gasteiger partial charge >= 0.3 is 0 Å². The molecule has 1 N–H and O–H groups in total. The fourth-order valence-electron chi connectivity index (χ4n) is 3.37. The van der Waals surface area contributed by atoms with Crippen molar-refractivity contribution in [1.29, 1.82) is 0 Å². The Balaban J connectivity index is 0.000000302. The zero-order valence-electron chi connectivity index (χ0n) is 22.9. The Kier molecular flexibility index (Phi) is 13.3. The van der Waals surface area contributed by atoms with Crippen LogP contribution in [0.15, 0.2) is 67.7 Å². The Morgan fingerprint density at radius 2 is 1.64 bits per heavy atom. The number of hydrogen-bond donors (Lipinski definition) is 1. The van der Waals surface area contributed by atoms with Gasteiger partial charge in [-0.2, -0.15) is 0 Å². The Morgan fingerprint density at radius 1 is 0.974 bits per heavy atom. The number of carbonyl (C=O) groups is 1. The van der Waals surface area contributed by atoms with E-state index in [4.69, 9.17) is 9.47 Å². The highest BCUT2D eigenvalue weighted by Crippen LogP contribution is 2.21. The van der Waals surface area contributed by atoms with E-state index in [0.717, 1.165) is 47.3 Å². The number of aromatic nitrogens is 6. The number of hydrogen-bond acceptors (Lipinski definition) is 7. The molecule has 4 aromatic heterocycles. The van der Waals surface area contributed by atoms with E-state index in [0.29, 0.717) is 25.6 Å². The lowest BCUT2D eigenvalue weighted by Gasteiger charge is -2.16. The molecule has 0 saturated carbocycles. The van der Waals surface area contributed by atoms with Crippen molar-refractivity contribution < 1.29 is 14.3 Å². The summed E-state index contributed by atoms with van der Waals surface area (Å²) in [5.41, 5.74) is 4.01. The molecule has 11 heteroatoms. The standard InChI is InChI=1S/C18H27N3O2Si.C10H9N3O.ClH/c1-5-22-11-8-18-20-14-17(16-6-9-19-10-7-16)21(18)15-23-12-13-24(2,3)4;14-6-3-10-12-7-9(13-10)8-1-4-11-5-2-8;/h6-11,14H,5,12-13,15H2,1-4H3;1-2,4-7H,3H2,(H,12,13);1H/b11-8+;;. The fraction of sp³-hybridized carbons (Fsp3) is 0.321. The summed E-state index contributed by atoms with van der Waals surface area (Å²) < 4.78 is 13.3. The smallest absolute Gasteiger partial charge is 0.138 e. The van der Waals surface area contributed by atoms with Crippen molar-refractivity contribution in [3.63, 3.8) is 0 Å². The van der Waals surface area contributed by atoms with Crippen molar-refractivity contribution in [3.8, 4) is 22.5 Å². The Morgan fingerprint density at radius 3 is 2.26 bits per heavy atom. The normalized spacial score (nSPS) is 11.0. The van der Waals surface area contributed by atoms with E-state index in [1.54, 1.807) is 37.2 Å². The van der Waals surface area contributed by atoms with Crippen LogP contribution in [0.2, 0.25) is 25.7 Å². The molecule has 0 unspecified atom stereocenters. The van der Waals surface area contributed by atoms with Gasteiger partial charge in [0.2, 0.25) is 0 Å². The van der Waals surface area contributed by atoms with Crippen LogP contribution >= 0.6 is 12.4 Å². The number of nitrogens with zero attached hydrogens (tertiary/aromatic N) is 5. The minimum absolute atomic E-state index is 0. The maximum absolute atomic E-state index is 10.3. The van der Waals surface area contributed by atoms with Gasteiger partial charge in [-0.1, -0.05) is 19.6 Å². The highest BCUT2D eigenvalue weighted by atomic mass is 35.5. The van der Waals surface area contributed by atoms with Gasteiger partial charge in [-0.05, 0) is 37.2 Å². The molecular formula is C28H37ClN6O3Si. The molecule has 0 fully saturated rings. The molecule has 0 aromatic carbocycles. The number of aldehydes is 1. The van der Waals surface area contributed by atoms with Crippen molar-refractivity contribution in [2.45, 2.75) is 45.8 Å². The number of nitrogens with one attached hydrogen (secondary N) is 1. The molecule has 4 aromatic rings. The highest BCUT2D eigenvalue weighted by molar-refractivity contribution is 6.76. The molecule has 4 rings (SSSR count). The molecule has 39 heavy (non-hydrogen) atoms. The van der Waals surface area contributed by atoms with E-state index < -0.39 is 8.07 Å². The molecule has 0 saturated heterocycles. The molecule has 0 radical (unpaired) electrons. The third-order valence-electron chi connectivity index (χ3n) is 5.46. The van der Waals surface area contributed by atoms with E-state index in [-0.39, 0.29) is 12.4 Å². The first-order valence-electron chi connectivity index (χ1n) is 12.6. The summed E-state index contributed by atoms with van der Waals surface area (Å²) in [7, 11) is -1.09. The molecule has 0 amide bonds. The number of rotatable bonds is 12. The lowest BCUT2D eigenvalue weighted by atomic mass is 10.2. The van der Waals surface area contributed by atoms with E-state index in [9.17, 15) is 4.79 Å². The number of imidazole rings is 2. The number of ether oxygens (including phenoxy) is 2. The average molecular weight is 569 g/mol. The second-order valence-corrected chi connectivity index (χ2v) is 15.2. The number of aromatic amines is 1. The molecule has 0 aliphatic rings. The molecule has 0 bridgehead atoms. The van der Waals surface area contributed by atoms with Crippen LogP contribution in [-0.4, -0.2) is 57.1 Å². The van der Waals surface area contributed by atoms with Crippen molar-refractivity contribution in [2.75, 3.05) is 13.2 Å². The Labute approximate surface area is 237 Å². The van der Waals surface area contributed by atoms with Crippen LogP contribution in [0.4, 0.5) is 0 Å². The number of H-pyrrole nitrogens is 1. The van der Waals surface area contributed by atoms with Crippen LogP contribution in [0, 0.1) is 0 Å². The van der Waals surface area contributed by atoms with Gasteiger partial charge in [0.25, 0.3) is 0 Å². The summed E-state index contributed by atoms with van der Waals surface area (Å²) in [5.74, 6) is 1.51. The van der Waals surface area contributed by atoms with Gasteiger partial charge in [-0.25, -0.2) is 9.97 Å². The first-order valence-corrected chi connectivity index (χ1v) is 16.3. The highest BCUT2D eigenvalue weighted by Gasteiger charge is 2.14. The van der Waals surface area contributed by atoms with Crippen molar-refractivity contribution >= 4 is 32.8 Å². The first kappa shape index (κ1) is 31.6. The summed E-state index contributed by atoms with van der Waals surface area (Å²) in [5, 5.41) is 0. The van der Waals surface area contributed by atoms with Gasteiger partial charge in [0, 0.05) is 56.7 Å². The molecule has 208 valence electrons. The van der Waals surface area contributed by atoms with Crippen molar-refractivity contribution in [1.82, 2.24) is 29.5 Å². The maximum Gasteiger partial charge on any atom is 0.138 e. The average Bonchev–Trinajstić information content (AvgIpc) is 3.55. The summed E-state index contributed by atoms with van der Waals surface area (Å²) in [6, 6.07) is 8.88. The molecule has 9 nitrogen and oxygen atoms in total. The minimum Gasteiger partial charge on any atom is -0.501 e. The van der Waals surface area contributed by atoms with Crippen LogP contribution in [-0.2, 0) is 27.4 Å². The SMILES string of the molecule is CCO/C=C/c1ncc(-c2ccncc2)n1COCC[Si](C)(C)C.Cl.O=CCc1ncc(-c2ccncc2)[nH]1. The Hall–Kier alpha value is -3.60. The predicted molar refractivity (Wildman–Crippen MR) is 159 cm³/mol. The summed E-state index contributed by atoms with van der Waals surface area (Å²) >= 11 is 0.